The summed E-state index contributed by atoms with van der Waals surface area (Å²) < 4.78 is 45.1. The van der Waals surface area contributed by atoms with Crippen LogP contribution in [0.15, 0.2) is 0 Å². The van der Waals surface area contributed by atoms with Gasteiger partial charge in [-0.05, 0) is 6.42 Å². The summed E-state index contributed by atoms with van der Waals surface area (Å²) in [7, 11) is 2.60. The molecule has 5 nitrogen and oxygen atoms in total. The summed E-state index contributed by atoms with van der Waals surface area (Å²) >= 11 is 0. The van der Waals surface area contributed by atoms with Gasteiger partial charge in [0.05, 0.1) is 7.11 Å². The summed E-state index contributed by atoms with van der Waals surface area (Å²) in [5.41, 5.74) is 0. The first-order valence-corrected chi connectivity index (χ1v) is 4.99. The summed E-state index contributed by atoms with van der Waals surface area (Å²) in [5.74, 6) is -2.28. The zero-order chi connectivity index (χ0) is 13.1. The Morgan fingerprint density at radius 1 is 1.41 bits per heavy atom. The highest BCUT2D eigenvalue weighted by atomic mass is 19.4. The van der Waals surface area contributed by atoms with Crippen LogP contribution in [0, 0.1) is 0 Å². The van der Waals surface area contributed by atoms with E-state index in [0.29, 0.717) is 6.42 Å². The van der Waals surface area contributed by atoms with Gasteiger partial charge in [0.1, 0.15) is 6.61 Å². The summed E-state index contributed by atoms with van der Waals surface area (Å²) in [4.78, 5) is 15.8. The zero-order valence-electron chi connectivity index (χ0n) is 9.54. The van der Waals surface area contributed by atoms with Crippen LogP contribution in [-0.2, 0) is 19.1 Å². The second-order valence-corrected chi connectivity index (χ2v) is 3.67. The van der Waals surface area contributed by atoms with E-state index in [-0.39, 0.29) is 12.8 Å². The molecule has 100 valence electrons. The van der Waals surface area contributed by atoms with Gasteiger partial charge in [-0.15, -0.1) is 13.2 Å². The summed E-state index contributed by atoms with van der Waals surface area (Å²) in [5, 5.41) is 0.875. The molecule has 0 spiro atoms. The highest BCUT2D eigenvalue weighted by Gasteiger charge is 2.49. The number of rotatable bonds is 5. The maximum Gasteiger partial charge on any atom is 0.524 e. The number of ether oxygens (including phenoxy) is 2. The topological polar surface area (TPSA) is 48.0 Å². The van der Waals surface area contributed by atoms with Crippen LogP contribution in [-0.4, -0.2) is 43.9 Å². The number of hydrogen-bond donors (Lipinski definition) is 0. The fourth-order valence-corrected chi connectivity index (χ4v) is 1.34. The first-order valence-electron chi connectivity index (χ1n) is 4.99. The van der Waals surface area contributed by atoms with E-state index in [4.69, 9.17) is 4.74 Å². The van der Waals surface area contributed by atoms with Crippen molar-refractivity contribution in [2.75, 3.05) is 20.8 Å². The molecule has 1 fully saturated rings. The van der Waals surface area contributed by atoms with Gasteiger partial charge in [-0.3, -0.25) is 14.4 Å². The van der Waals surface area contributed by atoms with E-state index >= 15 is 0 Å². The van der Waals surface area contributed by atoms with Crippen LogP contribution in [0.1, 0.15) is 19.3 Å². The molecule has 0 radical (unpaired) electrons. The van der Waals surface area contributed by atoms with E-state index in [0.717, 1.165) is 5.06 Å². The lowest BCUT2D eigenvalue weighted by molar-refractivity contribution is -0.433. The van der Waals surface area contributed by atoms with Crippen molar-refractivity contribution < 1.29 is 32.3 Å². The molecule has 0 N–H and O–H groups in total. The van der Waals surface area contributed by atoms with Crippen molar-refractivity contribution in [3.8, 4) is 0 Å². The van der Waals surface area contributed by atoms with Crippen molar-refractivity contribution in [1.29, 1.82) is 0 Å². The Morgan fingerprint density at radius 3 is 2.35 bits per heavy atom. The molecular formula is C9H14F3NO4. The van der Waals surface area contributed by atoms with Gasteiger partial charge in [-0.1, -0.05) is 0 Å². The van der Waals surface area contributed by atoms with Crippen LogP contribution < -0.4 is 0 Å². The first-order chi connectivity index (χ1) is 7.78. The van der Waals surface area contributed by atoms with Crippen LogP contribution in [0.5, 0.6) is 0 Å². The van der Waals surface area contributed by atoms with Crippen molar-refractivity contribution in [2.45, 2.75) is 31.4 Å². The van der Waals surface area contributed by atoms with Gasteiger partial charge in [0.2, 0.25) is 0 Å². The van der Waals surface area contributed by atoms with Crippen molar-refractivity contribution in [2.24, 2.45) is 0 Å². The molecule has 1 amide bonds. The quantitative estimate of drug-likeness (QED) is 0.552. The smallest absolute Gasteiger partial charge is 0.340 e. The average Bonchev–Trinajstić information content (AvgIpc) is 2.18. The van der Waals surface area contributed by atoms with Gasteiger partial charge < -0.3 is 4.74 Å². The standard InChI is InChI=1S/C9H14F3NO4/c1-13(15-2)7(14)6-16-8(4-3-5-8)17-9(10,11)12/h3-6H2,1-2H3. The highest BCUT2D eigenvalue weighted by Crippen LogP contribution is 2.41. The molecule has 0 bridgehead atoms. The zero-order valence-corrected chi connectivity index (χ0v) is 9.54. The molecule has 8 heteroatoms. The Labute approximate surface area is 96.4 Å². The van der Waals surface area contributed by atoms with Gasteiger partial charge in [0, 0.05) is 19.9 Å². The summed E-state index contributed by atoms with van der Waals surface area (Å²) in [6.07, 6.45) is -3.95. The van der Waals surface area contributed by atoms with Gasteiger partial charge >= 0.3 is 6.36 Å². The third-order valence-electron chi connectivity index (χ3n) is 2.50. The molecule has 1 aliphatic carbocycles. The maximum atomic E-state index is 12.1. The van der Waals surface area contributed by atoms with Gasteiger partial charge in [0.25, 0.3) is 5.91 Å². The molecule has 0 heterocycles. The van der Waals surface area contributed by atoms with E-state index in [1.165, 1.54) is 14.2 Å². The summed E-state index contributed by atoms with van der Waals surface area (Å²) in [6, 6.07) is 0. The number of likely N-dealkylation sites (N-methyl/N-ethyl adjacent to an activating group) is 1. The Bertz CT molecular complexity index is 278. The lowest BCUT2D eigenvalue weighted by Gasteiger charge is -2.40. The van der Waals surface area contributed by atoms with Crippen molar-refractivity contribution in [3.05, 3.63) is 0 Å². The minimum absolute atomic E-state index is 0.122. The molecule has 0 saturated heterocycles. The third kappa shape index (κ3) is 4.14. The molecule has 0 aliphatic heterocycles. The summed E-state index contributed by atoms with van der Waals surface area (Å²) in [6.45, 7) is -0.513. The normalized spacial score (nSPS) is 18.6. The Morgan fingerprint density at radius 2 is 2.00 bits per heavy atom. The lowest BCUT2D eigenvalue weighted by Crippen LogP contribution is -2.48. The van der Waals surface area contributed by atoms with Crippen LogP contribution in [0.2, 0.25) is 0 Å². The third-order valence-corrected chi connectivity index (χ3v) is 2.50. The monoisotopic (exact) mass is 257 g/mol. The number of hydrogen-bond acceptors (Lipinski definition) is 4. The van der Waals surface area contributed by atoms with E-state index in [2.05, 4.69) is 9.57 Å². The number of hydroxylamine groups is 2. The molecular weight excluding hydrogens is 243 g/mol. The van der Waals surface area contributed by atoms with Gasteiger partial charge in [-0.25, -0.2) is 5.06 Å². The molecule has 1 rings (SSSR count). The van der Waals surface area contributed by atoms with Crippen molar-refractivity contribution in [3.63, 3.8) is 0 Å². The maximum absolute atomic E-state index is 12.1. The lowest BCUT2D eigenvalue weighted by atomic mass is 9.91. The molecule has 0 unspecified atom stereocenters. The van der Waals surface area contributed by atoms with E-state index in [1.54, 1.807) is 0 Å². The van der Waals surface area contributed by atoms with Crippen LogP contribution in [0.4, 0.5) is 13.2 Å². The molecule has 0 atom stereocenters. The number of halogens is 3. The minimum Gasteiger partial charge on any atom is -0.340 e. The molecule has 0 aromatic carbocycles. The first kappa shape index (κ1) is 14.2. The largest absolute Gasteiger partial charge is 0.524 e. The Balaban J connectivity index is 2.45. The number of alkyl halides is 3. The van der Waals surface area contributed by atoms with Crippen molar-refractivity contribution >= 4 is 5.91 Å². The number of nitrogens with zero attached hydrogens (tertiary/aromatic N) is 1. The molecule has 0 aromatic heterocycles. The Kier molecular flexibility index (Phi) is 4.34. The average molecular weight is 257 g/mol. The van der Waals surface area contributed by atoms with Gasteiger partial charge in [0.15, 0.2) is 5.79 Å². The van der Waals surface area contributed by atoms with Crippen LogP contribution in [0.25, 0.3) is 0 Å². The highest BCUT2D eigenvalue weighted by molar-refractivity contribution is 5.76. The van der Waals surface area contributed by atoms with Crippen molar-refractivity contribution in [1.82, 2.24) is 5.06 Å². The molecule has 1 aliphatic rings. The van der Waals surface area contributed by atoms with Crippen LogP contribution >= 0.6 is 0 Å². The number of carbonyl (C=O) groups is 1. The second-order valence-electron chi connectivity index (χ2n) is 3.67. The predicted octanol–water partition coefficient (Wildman–Crippen LogP) is 1.44. The van der Waals surface area contributed by atoms with E-state index in [1.807, 2.05) is 0 Å². The van der Waals surface area contributed by atoms with E-state index < -0.39 is 24.7 Å². The Hall–Kier alpha value is -0.860. The molecule has 0 aromatic rings. The number of amides is 1. The molecule has 17 heavy (non-hydrogen) atoms. The minimum atomic E-state index is -4.77. The predicted molar refractivity (Wildman–Crippen MR) is 49.5 cm³/mol. The van der Waals surface area contributed by atoms with Crippen LogP contribution in [0.3, 0.4) is 0 Å². The second kappa shape index (κ2) is 5.19. The molecule has 1 saturated carbocycles. The van der Waals surface area contributed by atoms with Gasteiger partial charge in [-0.2, -0.15) is 0 Å². The SMILES string of the molecule is CON(C)C(=O)COC1(OC(F)(F)F)CCC1. The number of carbonyl (C=O) groups excluding carboxylic acids is 1. The fraction of sp³-hybridized carbons (Fsp3) is 0.889. The van der Waals surface area contributed by atoms with E-state index in [9.17, 15) is 18.0 Å². The fourth-order valence-electron chi connectivity index (χ4n) is 1.34.